The van der Waals surface area contributed by atoms with Crippen molar-refractivity contribution in [3.05, 3.63) is 63.4 Å². The predicted molar refractivity (Wildman–Crippen MR) is 88.7 cm³/mol. The Hall–Kier alpha value is -1.13. The smallest absolute Gasteiger partial charge is 0.0547 e. The third kappa shape index (κ3) is 4.17. The highest BCUT2D eigenvalue weighted by Crippen LogP contribution is 2.29. The van der Waals surface area contributed by atoms with Crippen LogP contribution in [-0.2, 0) is 6.54 Å². The number of nitrogens with zero attached hydrogens (tertiary/aromatic N) is 2. The summed E-state index contributed by atoms with van der Waals surface area (Å²) < 4.78 is 0. The van der Waals surface area contributed by atoms with Crippen molar-refractivity contribution in [2.75, 3.05) is 13.6 Å². The number of nitrogens with two attached hydrogens (primary N) is 1. The molecule has 1 atom stereocenters. The van der Waals surface area contributed by atoms with Crippen LogP contribution in [0.15, 0.2) is 36.4 Å². The van der Waals surface area contributed by atoms with Gasteiger partial charge in [-0.3, -0.25) is 9.88 Å². The Morgan fingerprint density at radius 1 is 1.24 bits per heavy atom. The average molecular weight is 324 g/mol. The topological polar surface area (TPSA) is 42.1 Å². The number of rotatable bonds is 5. The SMILES string of the molecule is Cc1cccc(CN(C)C(CN)c2ccc(Cl)cc2Cl)n1. The summed E-state index contributed by atoms with van der Waals surface area (Å²) in [7, 11) is 2.02. The molecule has 2 rings (SSSR count). The van der Waals surface area contributed by atoms with Gasteiger partial charge in [-0.1, -0.05) is 35.3 Å². The van der Waals surface area contributed by atoms with Gasteiger partial charge in [0, 0.05) is 34.9 Å². The maximum absolute atomic E-state index is 6.29. The molecule has 3 nitrogen and oxygen atoms in total. The Kier molecular flexibility index (Phi) is 5.59. The van der Waals surface area contributed by atoms with Gasteiger partial charge in [0.1, 0.15) is 0 Å². The molecule has 112 valence electrons. The lowest BCUT2D eigenvalue weighted by Crippen LogP contribution is -2.30. The van der Waals surface area contributed by atoms with Crippen molar-refractivity contribution in [2.24, 2.45) is 5.73 Å². The van der Waals surface area contributed by atoms with Crippen LogP contribution < -0.4 is 5.73 Å². The number of likely N-dealkylation sites (N-methyl/N-ethyl adjacent to an activating group) is 1. The van der Waals surface area contributed by atoms with Gasteiger partial charge in [-0.25, -0.2) is 0 Å². The van der Waals surface area contributed by atoms with Crippen molar-refractivity contribution >= 4 is 23.2 Å². The third-order valence-electron chi connectivity index (χ3n) is 3.43. The first-order chi connectivity index (χ1) is 10.0. The fourth-order valence-electron chi connectivity index (χ4n) is 2.37. The van der Waals surface area contributed by atoms with Gasteiger partial charge >= 0.3 is 0 Å². The molecule has 2 N–H and O–H groups in total. The van der Waals surface area contributed by atoms with E-state index in [1.807, 2.05) is 44.3 Å². The molecule has 0 aliphatic heterocycles. The van der Waals surface area contributed by atoms with Crippen LogP contribution in [0.25, 0.3) is 0 Å². The Labute approximate surface area is 135 Å². The maximum Gasteiger partial charge on any atom is 0.0547 e. The molecule has 1 aromatic carbocycles. The molecule has 2 aromatic rings. The van der Waals surface area contributed by atoms with Gasteiger partial charge < -0.3 is 5.73 Å². The Morgan fingerprint density at radius 2 is 2.00 bits per heavy atom. The quantitative estimate of drug-likeness (QED) is 0.909. The zero-order chi connectivity index (χ0) is 15.4. The third-order valence-corrected chi connectivity index (χ3v) is 4.00. The number of benzene rings is 1. The zero-order valence-electron chi connectivity index (χ0n) is 12.2. The normalized spacial score (nSPS) is 12.7. The first-order valence-corrected chi connectivity index (χ1v) is 7.54. The molecule has 0 fully saturated rings. The number of aryl methyl sites for hydroxylation is 1. The molecule has 21 heavy (non-hydrogen) atoms. The molecular weight excluding hydrogens is 305 g/mol. The second-order valence-electron chi connectivity index (χ2n) is 5.10. The summed E-state index contributed by atoms with van der Waals surface area (Å²) in [5, 5.41) is 1.27. The molecule has 0 aliphatic rings. The fraction of sp³-hybridized carbons (Fsp3) is 0.312. The van der Waals surface area contributed by atoms with Crippen molar-refractivity contribution < 1.29 is 0 Å². The van der Waals surface area contributed by atoms with E-state index in [0.717, 1.165) is 17.0 Å². The van der Waals surface area contributed by atoms with E-state index in [1.54, 1.807) is 6.07 Å². The molecule has 1 heterocycles. The van der Waals surface area contributed by atoms with Crippen LogP contribution in [0.4, 0.5) is 0 Å². The second kappa shape index (κ2) is 7.23. The van der Waals surface area contributed by atoms with E-state index in [0.29, 0.717) is 23.1 Å². The molecule has 0 saturated carbocycles. The minimum atomic E-state index is 0.0251. The van der Waals surface area contributed by atoms with Crippen LogP contribution in [0.5, 0.6) is 0 Å². The van der Waals surface area contributed by atoms with E-state index >= 15 is 0 Å². The highest BCUT2D eigenvalue weighted by molar-refractivity contribution is 6.35. The van der Waals surface area contributed by atoms with Gasteiger partial charge in [0.2, 0.25) is 0 Å². The number of aromatic nitrogens is 1. The van der Waals surface area contributed by atoms with Crippen LogP contribution in [0.2, 0.25) is 10.0 Å². The molecule has 0 bridgehead atoms. The Morgan fingerprint density at radius 3 is 2.62 bits per heavy atom. The fourth-order valence-corrected chi connectivity index (χ4v) is 2.90. The van der Waals surface area contributed by atoms with E-state index in [2.05, 4.69) is 9.88 Å². The summed E-state index contributed by atoms with van der Waals surface area (Å²) in [5.41, 5.74) is 8.95. The van der Waals surface area contributed by atoms with Crippen molar-refractivity contribution in [1.82, 2.24) is 9.88 Å². The summed E-state index contributed by atoms with van der Waals surface area (Å²) in [5.74, 6) is 0. The van der Waals surface area contributed by atoms with Crippen LogP contribution >= 0.6 is 23.2 Å². The number of hydrogen-bond acceptors (Lipinski definition) is 3. The Bertz CT molecular complexity index is 616. The standard InChI is InChI=1S/C16H19Cl2N3/c1-11-4-3-5-13(20-11)10-21(2)16(9-19)14-7-6-12(17)8-15(14)18/h3-8,16H,9-10,19H2,1-2H3. The zero-order valence-corrected chi connectivity index (χ0v) is 13.7. The van der Waals surface area contributed by atoms with Gasteiger partial charge in [-0.05, 0) is 43.8 Å². The summed E-state index contributed by atoms with van der Waals surface area (Å²) >= 11 is 12.2. The molecule has 0 saturated heterocycles. The summed E-state index contributed by atoms with van der Waals surface area (Å²) in [6, 6.07) is 11.6. The van der Waals surface area contributed by atoms with Crippen molar-refractivity contribution in [3.63, 3.8) is 0 Å². The van der Waals surface area contributed by atoms with Gasteiger partial charge in [0.05, 0.1) is 5.69 Å². The first kappa shape index (κ1) is 16.2. The summed E-state index contributed by atoms with van der Waals surface area (Å²) in [6.45, 7) is 3.17. The minimum absolute atomic E-state index is 0.0251. The van der Waals surface area contributed by atoms with Crippen LogP contribution in [0, 0.1) is 6.92 Å². The summed E-state index contributed by atoms with van der Waals surface area (Å²) in [4.78, 5) is 6.67. The van der Waals surface area contributed by atoms with Crippen LogP contribution in [0.1, 0.15) is 23.0 Å². The van der Waals surface area contributed by atoms with Gasteiger partial charge in [-0.2, -0.15) is 0 Å². The van der Waals surface area contributed by atoms with E-state index < -0.39 is 0 Å². The maximum atomic E-state index is 6.29. The average Bonchev–Trinajstić information content (AvgIpc) is 2.42. The second-order valence-corrected chi connectivity index (χ2v) is 5.95. The molecule has 1 unspecified atom stereocenters. The van der Waals surface area contributed by atoms with E-state index in [-0.39, 0.29) is 6.04 Å². The Balaban J connectivity index is 2.20. The highest BCUT2D eigenvalue weighted by atomic mass is 35.5. The molecule has 1 aromatic heterocycles. The van der Waals surface area contributed by atoms with Crippen LogP contribution in [0.3, 0.4) is 0 Å². The van der Waals surface area contributed by atoms with Gasteiger partial charge in [-0.15, -0.1) is 0 Å². The number of hydrogen-bond donors (Lipinski definition) is 1. The molecule has 0 amide bonds. The molecule has 0 aliphatic carbocycles. The molecular formula is C16H19Cl2N3. The lowest BCUT2D eigenvalue weighted by Gasteiger charge is -2.28. The number of pyridine rings is 1. The molecule has 0 spiro atoms. The van der Waals surface area contributed by atoms with E-state index in [9.17, 15) is 0 Å². The lowest BCUT2D eigenvalue weighted by atomic mass is 10.1. The van der Waals surface area contributed by atoms with Crippen LogP contribution in [-0.4, -0.2) is 23.5 Å². The summed E-state index contributed by atoms with van der Waals surface area (Å²) in [6.07, 6.45) is 0. The highest BCUT2D eigenvalue weighted by Gasteiger charge is 2.19. The van der Waals surface area contributed by atoms with Crippen molar-refractivity contribution in [3.8, 4) is 0 Å². The van der Waals surface area contributed by atoms with E-state index in [1.165, 1.54) is 0 Å². The largest absolute Gasteiger partial charge is 0.329 e. The van der Waals surface area contributed by atoms with Crippen molar-refractivity contribution in [2.45, 2.75) is 19.5 Å². The van der Waals surface area contributed by atoms with Gasteiger partial charge in [0.25, 0.3) is 0 Å². The van der Waals surface area contributed by atoms with E-state index in [4.69, 9.17) is 28.9 Å². The molecule has 0 radical (unpaired) electrons. The van der Waals surface area contributed by atoms with Crippen molar-refractivity contribution in [1.29, 1.82) is 0 Å². The molecule has 5 heteroatoms. The number of halogens is 2. The monoisotopic (exact) mass is 323 g/mol. The minimum Gasteiger partial charge on any atom is -0.329 e. The predicted octanol–water partition coefficient (Wildman–Crippen LogP) is 3.83. The van der Waals surface area contributed by atoms with Gasteiger partial charge in [0.15, 0.2) is 0 Å². The first-order valence-electron chi connectivity index (χ1n) is 6.79. The lowest BCUT2D eigenvalue weighted by molar-refractivity contribution is 0.239.